The summed E-state index contributed by atoms with van der Waals surface area (Å²) in [5.74, 6) is 0.0331. The Morgan fingerprint density at radius 1 is 1.40 bits per heavy atom. The Labute approximate surface area is 117 Å². The first-order valence-electron chi connectivity index (χ1n) is 6.16. The molecule has 0 bridgehead atoms. The Kier molecular flexibility index (Phi) is 5.45. The van der Waals surface area contributed by atoms with Gasteiger partial charge in [-0.05, 0) is 33.0 Å². The number of likely N-dealkylation sites (N-methyl/N-ethyl adjacent to an activating group) is 1. The Hall–Kier alpha value is -2.15. The maximum absolute atomic E-state index is 11.8. The highest BCUT2D eigenvalue weighted by Crippen LogP contribution is 2.18. The Morgan fingerprint density at radius 3 is 2.45 bits per heavy atom. The van der Waals surface area contributed by atoms with Gasteiger partial charge in [-0.3, -0.25) is 10.1 Å². The van der Waals surface area contributed by atoms with Crippen LogP contribution < -0.4 is 10.1 Å². The maximum atomic E-state index is 11.8. The molecule has 1 aromatic carbocycles. The lowest BCUT2D eigenvalue weighted by atomic mass is 10.1. The Morgan fingerprint density at radius 2 is 2.00 bits per heavy atom. The number of carbonyl (C=O) groups is 1. The minimum absolute atomic E-state index is 0.0147. The van der Waals surface area contributed by atoms with Crippen LogP contribution in [-0.4, -0.2) is 36.7 Å². The number of rotatable bonds is 7. The summed E-state index contributed by atoms with van der Waals surface area (Å²) >= 11 is 0. The molecule has 20 heavy (non-hydrogen) atoms. The van der Waals surface area contributed by atoms with Crippen LogP contribution in [-0.2, 0) is 9.53 Å². The molecule has 0 aliphatic heterocycles. The summed E-state index contributed by atoms with van der Waals surface area (Å²) in [5, 5.41) is 13.4. The number of ether oxygens (including phenoxy) is 2. The number of non-ortho nitro benzene ring substituents is 1. The van der Waals surface area contributed by atoms with Gasteiger partial charge in [0.2, 0.25) is 0 Å². The SMILES string of the molecule is CCOC(=O)C(C)(COc1ccc([N+](=O)[O-])cc1)NC. The molecule has 0 aromatic heterocycles. The molecule has 7 heteroatoms. The lowest BCUT2D eigenvalue weighted by Crippen LogP contribution is -2.53. The number of carbonyl (C=O) groups excluding carboxylic acids is 1. The third-order valence-corrected chi connectivity index (χ3v) is 2.85. The number of hydrogen-bond donors (Lipinski definition) is 1. The lowest BCUT2D eigenvalue weighted by Gasteiger charge is -2.26. The first-order chi connectivity index (χ1) is 9.42. The van der Waals surface area contributed by atoms with E-state index in [1.165, 1.54) is 24.3 Å². The van der Waals surface area contributed by atoms with E-state index in [4.69, 9.17) is 9.47 Å². The molecule has 0 saturated heterocycles. The third-order valence-electron chi connectivity index (χ3n) is 2.85. The van der Waals surface area contributed by atoms with Gasteiger partial charge in [-0.25, -0.2) is 4.79 Å². The average molecular weight is 282 g/mol. The van der Waals surface area contributed by atoms with E-state index in [0.717, 1.165) is 0 Å². The summed E-state index contributed by atoms with van der Waals surface area (Å²) in [6.45, 7) is 3.73. The molecule has 0 aliphatic carbocycles. The highest BCUT2D eigenvalue weighted by atomic mass is 16.6. The molecule has 0 amide bonds. The molecule has 1 aromatic rings. The lowest BCUT2D eigenvalue weighted by molar-refractivity contribution is -0.384. The van der Waals surface area contributed by atoms with Gasteiger partial charge in [0, 0.05) is 12.1 Å². The van der Waals surface area contributed by atoms with Crippen LogP contribution in [0, 0.1) is 10.1 Å². The molecule has 1 unspecified atom stereocenters. The topological polar surface area (TPSA) is 90.7 Å². The van der Waals surface area contributed by atoms with E-state index in [1.54, 1.807) is 20.9 Å². The van der Waals surface area contributed by atoms with Crippen LogP contribution in [0.5, 0.6) is 5.75 Å². The number of esters is 1. The van der Waals surface area contributed by atoms with Gasteiger partial charge in [0.15, 0.2) is 0 Å². The predicted octanol–water partition coefficient (Wildman–Crippen LogP) is 1.51. The fraction of sp³-hybridized carbons (Fsp3) is 0.462. The van der Waals surface area contributed by atoms with Gasteiger partial charge in [0.25, 0.3) is 5.69 Å². The fourth-order valence-corrected chi connectivity index (χ4v) is 1.42. The van der Waals surface area contributed by atoms with Crippen molar-refractivity contribution < 1.29 is 19.2 Å². The zero-order chi connectivity index (χ0) is 15.2. The monoisotopic (exact) mass is 282 g/mol. The summed E-state index contributed by atoms with van der Waals surface area (Å²) in [6, 6.07) is 5.66. The highest BCUT2D eigenvalue weighted by Gasteiger charge is 2.34. The molecule has 0 aliphatic rings. The number of hydrogen-bond acceptors (Lipinski definition) is 6. The van der Waals surface area contributed by atoms with E-state index in [1.807, 2.05) is 0 Å². The minimum atomic E-state index is -0.974. The maximum Gasteiger partial charge on any atom is 0.329 e. The fourth-order valence-electron chi connectivity index (χ4n) is 1.42. The van der Waals surface area contributed by atoms with Crippen molar-refractivity contribution in [2.24, 2.45) is 0 Å². The zero-order valence-corrected chi connectivity index (χ0v) is 11.7. The molecule has 1 rings (SSSR count). The second kappa shape index (κ2) is 6.85. The molecule has 0 saturated carbocycles. The zero-order valence-electron chi connectivity index (χ0n) is 11.7. The van der Waals surface area contributed by atoms with Crippen LogP contribution in [0.25, 0.3) is 0 Å². The van der Waals surface area contributed by atoms with E-state index in [2.05, 4.69) is 5.32 Å². The predicted molar refractivity (Wildman–Crippen MR) is 72.7 cm³/mol. The van der Waals surface area contributed by atoms with E-state index in [9.17, 15) is 14.9 Å². The standard InChI is InChI=1S/C13H18N2O5/c1-4-19-12(16)13(2,14-3)9-20-11-7-5-10(6-8-11)15(17)18/h5-8,14H,4,9H2,1-3H3. The second-order valence-corrected chi connectivity index (χ2v) is 4.34. The van der Waals surface area contributed by atoms with Gasteiger partial charge in [0.05, 0.1) is 11.5 Å². The van der Waals surface area contributed by atoms with Crippen molar-refractivity contribution in [1.82, 2.24) is 5.32 Å². The summed E-state index contributed by atoms with van der Waals surface area (Å²) in [5.41, 5.74) is -0.989. The summed E-state index contributed by atoms with van der Waals surface area (Å²) < 4.78 is 10.4. The number of nitro benzene ring substituents is 1. The van der Waals surface area contributed by atoms with Gasteiger partial charge in [0.1, 0.15) is 17.9 Å². The minimum Gasteiger partial charge on any atom is -0.491 e. The normalized spacial score (nSPS) is 13.3. The second-order valence-electron chi connectivity index (χ2n) is 4.34. The molecule has 1 atom stereocenters. The smallest absolute Gasteiger partial charge is 0.329 e. The number of nitrogens with one attached hydrogen (secondary N) is 1. The first kappa shape index (κ1) is 15.9. The van der Waals surface area contributed by atoms with Gasteiger partial charge < -0.3 is 14.8 Å². The number of benzene rings is 1. The number of nitrogens with zero attached hydrogens (tertiary/aromatic N) is 1. The quantitative estimate of drug-likeness (QED) is 0.463. The number of nitro groups is 1. The average Bonchev–Trinajstić information content (AvgIpc) is 2.45. The van der Waals surface area contributed by atoms with Crippen LogP contribution in [0.15, 0.2) is 24.3 Å². The highest BCUT2D eigenvalue weighted by molar-refractivity contribution is 5.80. The van der Waals surface area contributed by atoms with Gasteiger partial charge in [-0.1, -0.05) is 0 Å². The Balaban J connectivity index is 2.68. The van der Waals surface area contributed by atoms with Crippen molar-refractivity contribution in [3.05, 3.63) is 34.4 Å². The third kappa shape index (κ3) is 3.92. The van der Waals surface area contributed by atoms with Crippen LogP contribution >= 0.6 is 0 Å². The first-order valence-corrected chi connectivity index (χ1v) is 6.16. The van der Waals surface area contributed by atoms with E-state index in [0.29, 0.717) is 5.75 Å². The van der Waals surface area contributed by atoms with Gasteiger partial charge >= 0.3 is 5.97 Å². The van der Waals surface area contributed by atoms with Crippen molar-refractivity contribution >= 4 is 11.7 Å². The molecule has 7 nitrogen and oxygen atoms in total. The summed E-state index contributed by atoms with van der Waals surface area (Å²) in [6.07, 6.45) is 0. The summed E-state index contributed by atoms with van der Waals surface area (Å²) in [7, 11) is 1.64. The van der Waals surface area contributed by atoms with Crippen molar-refractivity contribution in [2.45, 2.75) is 19.4 Å². The van der Waals surface area contributed by atoms with Gasteiger partial charge in [-0.15, -0.1) is 0 Å². The summed E-state index contributed by atoms with van der Waals surface area (Å²) in [4.78, 5) is 21.9. The van der Waals surface area contributed by atoms with Crippen LogP contribution in [0.3, 0.4) is 0 Å². The van der Waals surface area contributed by atoms with Crippen molar-refractivity contribution in [2.75, 3.05) is 20.3 Å². The van der Waals surface area contributed by atoms with E-state index < -0.39 is 16.4 Å². The van der Waals surface area contributed by atoms with E-state index in [-0.39, 0.29) is 18.9 Å². The molecule has 1 N–H and O–H groups in total. The largest absolute Gasteiger partial charge is 0.491 e. The molecule has 0 spiro atoms. The van der Waals surface area contributed by atoms with E-state index >= 15 is 0 Å². The van der Waals surface area contributed by atoms with Crippen LogP contribution in [0.2, 0.25) is 0 Å². The molecule has 0 fully saturated rings. The molecule has 0 heterocycles. The molecular weight excluding hydrogens is 264 g/mol. The van der Waals surface area contributed by atoms with Crippen LogP contribution in [0.1, 0.15) is 13.8 Å². The van der Waals surface area contributed by atoms with Crippen LogP contribution in [0.4, 0.5) is 5.69 Å². The Bertz CT molecular complexity index is 474. The molecular formula is C13H18N2O5. The van der Waals surface area contributed by atoms with Crippen molar-refractivity contribution in [1.29, 1.82) is 0 Å². The van der Waals surface area contributed by atoms with Gasteiger partial charge in [-0.2, -0.15) is 0 Å². The van der Waals surface area contributed by atoms with Crippen molar-refractivity contribution in [3.63, 3.8) is 0 Å². The molecule has 110 valence electrons. The van der Waals surface area contributed by atoms with Crippen molar-refractivity contribution in [3.8, 4) is 5.75 Å². The molecule has 0 radical (unpaired) electrons.